The second-order valence-corrected chi connectivity index (χ2v) is 9.62. The minimum absolute atomic E-state index is 0.0972. The lowest BCUT2D eigenvalue weighted by Crippen LogP contribution is -2.44. The third-order valence-corrected chi connectivity index (χ3v) is 7.04. The van der Waals surface area contributed by atoms with Crippen LogP contribution >= 0.6 is 0 Å². The topological polar surface area (TPSA) is 78.8 Å². The summed E-state index contributed by atoms with van der Waals surface area (Å²) in [5.41, 5.74) is 1.69. The van der Waals surface area contributed by atoms with E-state index in [1.165, 1.54) is 0 Å². The molecule has 3 aliphatic heterocycles. The molecule has 0 radical (unpaired) electrons. The minimum atomic E-state index is -0.238. The molecular weight excluding hydrogens is 394 g/mol. The van der Waals surface area contributed by atoms with E-state index < -0.39 is 0 Å². The molecule has 0 saturated carbocycles. The molecule has 4 rings (SSSR count). The molecule has 1 aromatic rings. The Balaban J connectivity index is 1.43. The lowest BCUT2D eigenvalue weighted by atomic mass is 9.91. The highest BCUT2D eigenvalue weighted by atomic mass is 16.2. The van der Waals surface area contributed by atoms with Crippen LogP contribution in [0, 0.1) is 12.8 Å². The van der Waals surface area contributed by atoms with Gasteiger partial charge in [0.2, 0.25) is 11.8 Å². The van der Waals surface area contributed by atoms with Gasteiger partial charge in [0, 0.05) is 62.7 Å². The Morgan fingerprint density at radius 3 is 2.74 bits per heavy atom. The predicted octanol–water partition coefficient (Wildman–Crippen LogP) is 1.00. The zero-order valence-corrected chi connectivity index (χ0v) is 19.1. The number of nitrogens with zero attached hydrogens (tertiary/aromatic N) is 5. The number of carbonyl (C=O) groups excluding carboxylic acids is 2. The monoisotopic (exact) mass is 429 g/mol. The summed E-state index contributed by atoms with van der Waals surface area (Å²) in [5, 5.41) is 0. The molecule has 8 nitrogen and oxygen atoms in total. The quantitative estimate of drug-likeness (QED) is 0.674. The highest BCUT2D eigenvalue weighted by Gasteiger charge is 2.38. The first kappa shape index (κ1) is 22.0. The van der Waals surface area contributed by atoms with Crippen molar-refractivity contribution in [3.8, 4) is 0 Å². The van der Waals surface area contributed by atoms with E-state index >= 15 is 0 Å². The normalized spacial score (nSPS) is 23.7. The number of likely N-dealkylation sites (tertiary alicyclic amines) is 2. The standard InChI is InChI=1S/C23H35N5O3/c1-16-21(28-12-5-8-19(28)24-22(16)30)17-7-4-10-27(14-17)23(31)18-13-20(29)26(15-18)11-6-9-25(2)3/h17-18H,4-15H2,1-3H3/t17-,18-/m1/s1. The number of hydrogen-bond donors (Lipinski definition) is 0. The molecule has 31 heavy (non-hydrogen) atoms. The molecule has 2 saturated heterocycles. The van der Waals surface area contributed by atoms with Crippen molar-refractivity contribution < 1.29 is 9.59 Å². The maximum atomic E-state index is 13.3. The van der Waals surface area contributed by atoms with E-state index in [1.807, 2.05) is 30.8 Å². The Bertz CT molecular complexity index is 909. The largest absolute Gasteiger partial charge is 0.342 e. The first-order chi connectivity index (χ1) is 14.8. The summed E-state index contributed by atoms with van der Waals surface area (Å²) >= 11 is 0. The van der Waals surface area contributed by atoms with Crippen molar-refractivity contribution in [1.82, 2.24) is 24.3 Å². The molecule has 0 spiro atoms. The summed E-state index contributed by atoms with van der Waals surface area (Å²) in [6.07, 6.45) is 5.03. The lowest BCUT2D eigenvalue weighted by molar-refractivity contribution is -0.137. The zero-order chi connectivity index (χ0) is 22.1. The fourth-order valence-electron chi connectivity index (χ4n) is 5.46. The first-order valence-electron chi connectivity index (χ1n) is 11.7. The van der Waals surface area contributed by atoms with Crippen LogP contribution in [0.1, 0.15) is 55.1 Å². The fourth-order valence-corrected chi connectivity index (χ4v) is 5.46. The number of hydrogen-bond acceptors (Lipinski definition) is 5. The summed E-state index contributed by atoms with van der Waals surface area (Å²) in [6, 6.07) is 0. The van der Waals surface area contributed by atoms with Gasteiger partial charge in [0.25, 0.3) is 5.56 Å². The average Bonchev–Trinajstić information content (AvgIpc) is 3.34. The van der Waals surface area contributed by atoms with Crippen LogP contribution in [0.25, 0.3) is 0 Å². The van der Waals surface area contributed by atoms with E-state index in [1.54, 1.807) is 0 Å². The number of aryl methyl sites for hydroxylation is 1. The van der Waals surface area contributed by atoms with E-state index in [4.69, 9.17) is 0 Å². The molecule has 0 N–H and O–H groups in total. The minimum Gasteiger partial charge on any atom is -0.342 e. The number of fused-ring (bicyclic) bond motifs is 1. The average molecular weight is 430 g/mol. The SMILES string of the molecule is Cc1c([C@@H]2CCCN(C(=O)[C@@H]3CC(=O)N(CCCN(C)C)C3)C2)n2c(nc1=O)CCC2. The van der Waals surface area contributed by atoms with E-state index in [9.17, 15) is 14.4 Å². The Labute approximate surface area is 184 Å². The van der Waals surface area contributed by atoms with Crippen LogP contribution in [0.2, 0.25) is 0 Å². The molecule has 0 aliphatic carbocycles. The Hall–Kier alpha value is -2.22. The number of rotatable bonds is 6. The zero-order valence-electron chi connectivity index (χ0n) is 19.1. The summed E-state index contributed by atoms with van der Waals surface area (Å²) in [5.74, 6) is 1.02. The third-order valence-electron chi connectivity index (χ3n) is 7.04. The molecule has 2 atom stereocenters. The molecule has 1 aromatic heterocycles. The van der Waals surface area contributed by atoms with E-state index in [0.717, 1.165) is 68.8 Å². The van der Waals surface area contributed by atoms with Crippen LogP contribution in [-0.2, 0) is 22.6 Å². The Morgan fingerprint density at radius 1 is 1.16 bits per heavy atom. The lowest BCUT2D eigenvalue weighted by Gasteiger charge is -2.35. The van der Waals surface area contributed by atoms with Crippen LogP contribution in [0.3, 0.4) is 0 Å². The summed E-state index contributed by atoms with van der Waals surface area (Å²) in [7, 11) is 4.05. The van der Waals surface area contributed by atoms with Crippen molar-refractivity contribution in [2.24, 2.45) is 5.92 Å². The highest BCUT2D eigenvalue weighted by molar-refractivity contribution is 5.89. The van der Waals surface area contributed by atoms with E-state index in [0.29, 0.717) is 26.1 Å². The van der Waals surface area contributed by atoms with Crippen molar-refractivity contribution in [3.63, 3.8) is 0 Å². The van der Waals surface area contributed by atoms with Gasteiger partial charge in [-0.05, 0) is 53.2 Å². The van der Waals surface area contributed by atoms with Gasteiger partial charge in [-0.1, -0.05) is 0 Å². The maximum absolute atomic E-state index is 13.3. The van der Waals surface area contributed by atoms with Gasteiger partial charge in [-0.3, -0.25) is 14.4 Å². The molecule has 2 amide bonds. The molecule has 4 heterocycles. The molecule has 0 bridgehead atoms. The van der Waals surface area contributed by atoms with Crippen molar-refractivity contribution in [2.75, 3.05) is 46.8 Å². The summed E-state index contributed by atoms with van der Waals surface area (Å²) in [4.78, 5) is 48.3. The predicted molar refractivity (Wildman–Crippen MR) is 118 cm³/mol. The van der Waals surface area contributed by atoms with Crippen molar-refractivity contribution in [2.45, 2.75) is 57.9 Å². The first-order valence-corrected chi connectivity index (χ1v) is 11.7. The van der Waals surface area contributed by atoms with Crippen molar-refractivity contribution in [1.29, 1.82) is 0 Å². The van der Waals surface area contributed by atoms with Crippen LogP contribution < -0.4 is 5.56 Å². The maximum Gasteiger partial charge on any atom is 0.276 e. The molecule has 170 valence electrons. The van der Waals surface area contributed by atoms with Gasteiger partial charge in [0.15, 0.2) is 0 Å². The molecule has 0 aromatic carbocycles. The molecular formula is C23H35N5O3. The smallest absolute Gasteiger partial charge is 0.276 e. The number of amides is 2. The Morgan fingerprint density at radius 2 is 1.97 bits per heavy atom. The van der Waals surface area contributed by atoms with Crippen LogP contribution in [0.15, 0.2) is 4.79 Å². The molecule has 3 aliphatic rings. The molecule has 8 heteroatoms. The van der Waals surface area contributed by atoms with Gasteiger partial charge in [0.1, 0.15) is 5.82 Å². The van der Waals surface area contributed by atoms with Crippen molar-refractivity contribution in [3.05, 3.63) is 27.4 Å². The number of piperidine rings is 1. The van der Waals surface area contributed by atoms with Gasteiger partial charge >= 0.3 is 0 Å². The van der Waals surface area contributed by atoms with Gasteiger partial charge < -0.3 is 19.3 Å². The molecule has 2 fully saturated rings. The van der Waals surface area contributed by atoms with Gasteiger partial charge in [-0.2, -0.15) is 4.98 Å². The Kier molecular flexibility index (Phi) is 6.46. The number of aromatic nitrogens is 2. The van der Waals surface area contributed by atoms with Crippen LogP contribution in [0.4, 0.5) is 0 Å². The van der Waals surface area contributed by atoms with Gasteiger partial charge in [0.05, 0.1) is 5.92 Å². The van der Waals surface area contributed by atoms with Crippen molar-refractivity contribution >= 4 is 11.8 Å². The highest BCUT2D eigenvalue weighted by Crippen LogP contribution is 2.32. The molecule has 0 unspecified atom stereocenters. The van der Waals surface area contributed by atoms with E-state index in [2.05, 4.69) is 14.5 Å². The van der Waals surface area contributed by atoms with Crippen LogP contribution in [0.5, 0.6) is 0 Å². The third kappa shape index (κ3) is 4.54. The summed E-state index contributed by atoms with van der Waals surface area (Å²) in [6.45, 7) is 6.34. The van der Waals surface area contributed by atoms with Crippen LogP contribution in [-0.4, -0.2) is 82.9 Å². The van der Waals surface area contributed by atoms with E-state index in [-0.39, 0.29) is 29.2 Å². The number of carbonyl (C=O) groups is 2. The van der Waals surface area contributed by atoms with Gasteiger partial charge in [-0.15, -0.1) is 0 Å². The second kappa shape index (κ2) is 9.10. The van der Waals surface area contributed by atoms with Gasteiger partial charge in [-0.25, -0.2) is 0 Å². The second-order valence-electron chi connectivity index (χ2n) is 9.62. The fraction of sp³-hybridized carbons (Fsp3) is 0.739. The summed E-state index contributed by atoms with van der Waals surface area (Å²) < 4.78 is 2.22.